The van der Waals surface area contributed by atoms with Gasteiger partial charge < -0.3 is 24.6 Å². The molecule has 42 heavy (non-hydrogen) atoms. The Morgan fingerprint density at radius 1 is 1.19 bits per heavy atom. The zero-order chi connectivity index (χ0) is 30.4. The molecule has 5 rings (SSSR count). The highest BCUT2D eigenvalue weighted by Crippen LogP contribution is 2.30. The Labute approximate surface area is 248 Å². The lowest BCUT2D eigenvalue weighted by molar-refractivity contribution is -0.0465. The van der Waals surface area contributed by atoms with E-state index in [-0.39, 0.29) is 49.4 Å². The third-order valence-electron chi connectivity index (χ3n) is 7.70. The van der Waals surface area contributed by atoms with Gasteiger partial charge in [0.05, 0.1) is 42.8 Å². The lowest BCUT2D eigenvalue weighted by Gasteiger charge is -2.38. The number of carboxylic acid groups (broad SMARTS) is 1. The van der Waals surface area contributed by atoms with E-state index in [1.807, 2.05) is 19.1 Å². The van der Waals surface area contributed by atoms with Gasteiger partial charge in [-0.25, -0.2) is 14.6 Å². The molecule has 2 aliphatic rings. The molecule has 0 radical (unpaired) electrons. The molecule has 1 aromatic carbocycles. The highest BCUT2D eigenvalue weighted by atomic mass is 35.5. The third kappa shape index (κ3) is 6.11. The SMILES string of the molecule is C[C@H]1CN(C(=O)O)[C@H](c2ccc(-n3c(Cl)cc4c(=O)n(CC5(O)CCN(C(=O)OC(C)(C)C)CC5)cnc43)cc2)CO1. The van der Waals surface area contributed by atoms with Crippen LogP contribution in [0.5, 0.6) is 0 Å². The number of rotatable bonds is 4. The lowest BCUT2D eigenvalue weighted by atomic mass is 9.91. The fourth-order valence-electron chi connectivity index (χ4n) is 5.49. The summed E-state index contributed by atoms with van der Waals surface area (Å²) < 4.78 is 14.2. The van der Waals surface area contributed by atoms with Gasteiger partial charge in [-0.2, -0.15) is 0 Å². The van der Waals surface area contributed by atoms with E-state index in [4.69, 9.17) is 21.1 Å². The summed E-state index contributed by atoms with van der Waals surface area (Å²) in [5, 5.41) is 21.5. The number of carbonyl (C=O) groups excluding carboxylic acids is 1. The number of halogens is 1. The summed E-state index contributed by atoms with van der Waals surface area (Å²) in [5.41, 5.74) is -0.340. The number of carbonyl (C=O) groups is 2. The van der Waals surface area contributed by atoms with Gasteiger partial charge >= 0.3 is 12.2 Å². The maximum atomic E-state index is 13.4. The van der Waals surface area contributed by atoms with E-state index in [2.05, 4.69) is 4.98 Å². The fraction of sp³-hybridized carbons (Fsp3) is 0.517. The van der Waals surface area contributed by atoms with Crippen LogP contribution in [0, 0.1) is 0 Å². The molecule has 4 heterocycles. The number of aliphatic hydroxyl groups is 1. The molecule has 13 heteroatoms. The first-order valence-electron chi connectivity index (χ1n) is 13.9. The smallest absolute Gasteiger partial charge is 0.410 e. The first kappa shape index (κ1) is 29.9. The molecule has 2 amide bonds. The summed E-state index contributed by atoms with van der Waals surface area (Å²) >= 11 is 6.58. The number of benzene rings is 1. The maximum Gasteiger partial charge on any atom is 0.410 e. The Hall–Kier alpha value is -3.61. The van der Waals surface area contributed by atoms with Gasteiger partial charge in [-0.15, -0.1) is 0 Å². The highest BCUT2D eigenvalue weighted by molar-refractivity contribution is 6.31. The third-order valence-corrected chi connectivity index (χ3v) is 7.98. The minimum atomic E-state index is -1.19. The second-order valence-electron chi connectivity index (χ2n) is 12.1. The minimum absolute atomic E-state index is 0.0244. The number of likely N-dealkylation sites (tertiary alicyclic amines) is 1. The fourth-order valence-corrected chi connectivity index (χ4v) is 5.77. The van der Waals surface area contributed by atoms with Crippen LogP contribution in [0.15, 0.2) is 41.5 Å². The lowest BCUT2D eigenvalue weighted by Crippen LogP contribution is -2.50. The van der Waals surface area contributed by atoms with Crippen molar-refractivity contribution in [1.82, 2.24) is 23.9 Å². The first-order valence-corrected chi connectivity index (χ1v) is 14.3. The molecule has 2 fully saturated rings. The molecular formula is C29H36ClN5O7. The van der Waals surface area contributed by atoms with Crippen molar-refractivity contribution in [3.05, 3.63) is 57.7 Å². The van der Waals surface area contributed by atoms with Crippen LogP contribution in [0.2, 0.25) is 5.15 Å². The van der Waals surface area contributed by atoms with Crippen molar-refractivity contribution >= 4 is 34.8 Å². The van der Waals surface area contributed by atoms with Crippen LogP contribution in [0.25, 0.3) is 16.7 Å². The predicted molar refractivity (Wildman–Crippen MR) is 155 cm³/mol. The van der Waals surface area contributed by atoms with Crippen molar-refractivity contribution in [1.29, 1.82) is 0 Å². The summed E-state index contributed by atoms with van der Waals surface area (Å²) in [7, 11) is 0. The van der Waals surface area contributed by atoms with Crippen molar-refractivity contribution in [2.45, 2.75) is 70.4 Å². The Morgan fingerprint density at radius 2 is 1.86 bits per heavy atom. The molecule has 12 nitrogen and oxygen atoms in total. The van der Waals surface area contributed by atoms with Gasteiger partial charge in [-0.05, 0) is 64.3 Å². The van der Waals surface area contributed by atoms with Crippen molar-refractivity contribution in [2.75, 3.05) is 26.2 Å². The summed E-state index contributed by atoms with van der Waals surface area (Å²) in [6, 6.07) is 8.35. The average Bonchev–Trinajstić information content (AvgIpc) is 3.26. The molecule has 0 unspecified atom stereocenters. The number of hydrogen-bond acceptors (Lipinski definition) is 7. The Kier molecular flexibility index (Phi) is 7.99. The molecule has 0 saturated carbocycles. The van der Waals surface area contributed by atoms with E-state index in [1.165, 1.54) is 15.8 Å². The van der Waals surface area contributed by atoms with Crippen LogP contribution in [-0.2, 0) is 16.0 Å². The van der Waals surface area contributed by atoms with Crippen molar-refractivity contribution < 1.29 is 29.3 Å². The van der Waals surface area contributed by atoms with Crippen LogP contribution in [0.3, 0.4) is 0 Å². The molecule has 3 aromatic rings. The molecule has 2 N–H and O–H groups in total. The molecule has 0 bridgehead atoms. The van der Waals surface area contributed by atoms with Crippen molar-refractivity contribution in [3.63, 3.8) is 0 Å². The normalized spacial score (nSPS) is 21.0. The number of aromatic nitrogens is 3. The van der Waals surface area contributed by atoms with E-state index in [1.54, 1.807) is 48.4 Å². The van der Waals surface area contributed by atoms with Crippen molar-refractivity contribution in [2.24, 2.45) is 0 Å². The highest BCUT2D eigenvalue weighted by Gasteiger charge is 2.36. The molecule has 0 aliphatic carbocycles. The van der Waals surface area contributed by atoms with Gasteiger partial charge in [0.1, 0.15) is 17.1 Å². The van der Waals surface area contributed by atoms with E-state index in [0.717, 1.165) is 5.56 Å². The monoisotopic (exact) mass is 601 g/mol. The number of morpholine rings is 1. The van der Waals surface area contributed by atoms with Crippen LogP contribution < -0.4 is 5.56 Å². The summed E-state index contributed by atoms with van der Waals surface area (Å²) in [4.78, 5) is 45.1. The van der Waals surface area contributed by atoms with E-state index >= 15 is 0 Å². The first-order chi connectivity index (χ1) is 19.7. The average molecular weight is 602 g/mol. The largest absolute Gasteiger partial charge is 0.465 e. The van der Waals surface area contributed by atoms with Crippen LogP contribution in [0.4, 0.5) is 9.59 Å². The van der Waals surface area contributed by atoms with Gasteiger partial charge in [0.2, 0.25) is 0 Å². The molecule has 2 aromatic heterocycles. The summed E-state index contributed by atoms with van der Waals surface area (Å²) in [6.07, 6.45) is 0.370. The van der Waals surface area contributed by atoms with Gasteiger partial charge in [0.15, 0.2) is 5.65 Å². The zero-order valence-electron chi connectivity index (χ0n) is 24.1. The summed E-state index contributed by atoms with van der Waals surface area (Å²) in [5.74, 6) is 0. The quantitative estimate of drug-likeness (QED) is 0.457. The number of hydrogen-bond donors (Lipinski definition) is 2. The molecule has 2 saturated heterocycles. The second-order valence-corrected chi connectivity index (χ2v) is 12.5. The zero-order valence-corrected chi connectivity index (χ0v) is 24.9. The van der Waals surface area contributed by atoms with Gasteiger partial charge in [-0.3, -0.25) is 18.8 Å². The Morgan fingerprint density at radius 3 is 2.48 bits per heavy atom. The number of ether oxygens (including phenoxy) is 2. The number of piperidine rings is 1. The van der Waals surface area contributed by atoms with Crippen molar-refractivity contribution in [3.8, 4) is 5.69 Å². The second kappa shape index (κ2) is 11.2. The number of amides is 2. The van der Waals surface area contributed by atoms with Gasteiger partial charge in [0.25, 0.3) is 5.56 Å². The summed E-state index contributed by atoms with van der Waals surface area (Å²) in [6.45, 7) is 8.43. The molecule has 226 valence electrons. The van der Waals surface area contributed by atoms with Crippen LogP contribution in [0.1, 0.15) is 52.1 Å². The number of nitrogens with zero attached hydrogens (tertiary/aromatic N) is 5. The maximum absolute atomic E-state index is 13.4. The standard InChI is InChI=1S/C29H36ClN5O7/c1-18-14-34(26(37)38)22(15-41-18)19-5-7-20(8-6-19)35-23(30)13-21-24(35)31-17-33(25(21)36)16-29(40)9-11-32(12-10-29)27(39)42-28(2,3)4/h5-8,13,17-18,22,40H,9-12,14-16H2,1-4H3,(H,37,38)/t18-,22-/m0/s1. The van der Waals surface area contributed by atoms with Crippen LogP contribution >= 0.6 is 11.6 Å². The predicted octanol–water partition coefficient (Wildman–Crippen LogP) is 4.04. The molecule has 0 spiro atoms. The van der Waals surface area contributed by atoms with E-state index < -0.39 is 29.4 Å². The van der Waals surface area contributed by atoms with Gasteiger partial charge in [-0.1, -0.05) is 23.7 Å². The molecule has 2 aliphatic heterocycles. The molecule has 2 atom stereocenters. The Balaban J connectivity index is 1.34. The van der Waals surface area contributed by atoms with E-state index in [9.17, 15) is 24.6 Å². The van der Waals surface area contributed by atoms with Crippen LogP contribution in [-0.4, -0.2) is 89.9 Å². The molecular weight excluding hydrogens is 566 g/mol. The Bertz CT molecular complexity index is 1540. The minimum Gasteiger partial charge on any atom is -0.465 e. The van der Waals surface area contributed by atoms with E-state index in [0.29, 0.717) is 29.8 Å². The topological polar surface area (TPSA) is 139 Å². The number of fused-ring (bicyclic) bond motifs is 1. The van der Waals surface area contributed by atoms with Gasteiger partial charge in [0, 0.05) is 18.8 Å².